The molecule has 0 saturated heterocycles. The first kappa shape index (κ1) is 15.0. The van der Waals surface area contributed by atoms with Crippen LogP contribution in [0.4, 0.5) is 0 Å². The van der Waals surface area contributed by atoms with Crippen LogP contribution in [-0.4, -0.2) is 25.0 Å². The van der Waals surface area contributed by atoms with E-state index in [1.165, 1.54) is 48.8 Å². The Labute approximate surface area is 140 Å². The molecule has 0 bridgehead atoms. The molecule has 0 spiro atoms. The predicted molar refractivity (Wildman–Crippen MR) is 98.1 cm³/mol. The second-order valence-electron chi connectivity index (χ2n) is 7.52. The third-order valence-electron chi connectivity index (χ3n) is 6.16. The van der Waals surface area contributed by atoms with Crippen LogP contribution in [0.1, 0.15) is 47.9 Å². The number of hydrogen-bond acceptors (Lipinski definition) is 1. The zero-order chi connectivity index (χ0) is 16.0. The third-order valence-corrected chi connectivity index (χ3v) is 6.16. The van der Waals surface area contributed by atoms with E-state index in [0.29, 0.717) is 12.0 Å². The molecule has 4 rings (SSSR count). The van der Waals surface area contributed by atoms with E-state index in [4.69, 9.17) is 0 Å². The normalized spacial score (nSPS) is 20.6. The number of aryl methyl sites for hydroxylation is 1. The van der Waals surface area contributed by atoms with Gasteiger partial charge in [-0.15, -0.1) is 0 Å². The van der Waals surface area contributed by atoms with Crippen LogP contribution in [0.15, 0.2) is 36.4 Å². The maximum Gasteiger partial charge on any atom is 0.0130 e. The van der Waals surface area contributed by atoms with Gasteiger partial charge >= 0.3 is 0 Å². The van der Waals surface area contributed by atoms with Gasteiger partial charge in [-0.25, -0.2) is 0 Å². The van der Waals surface area contributed by atoms with Gasteiger partial charge in [0.1, 0.15) is 0 Å². The molecule has 23 heavy (non-hydrogen) atoms. The van der Waals surface area contributed by atoms with Crippen molar-refractivity contribution in [1.82, 2.24) is 4.90 Å². The van der Waals surface area contributed by atoms with Gasteiger partial charge in [-0.1, -0.05) is 36.4 Å². The molecule has 0 fully saturated rings. The standard InChI is InChI=1S/C22H27N/c1-15(23(2)3)17-9-6-10-19-20(17)13-14-21-18-8-5-4-7-16(18)11-12-22(19)21/h4-5,7-8,13-15,17H,6,9-12H2,1-3H3. The molecule has 2 aliphatic rings. The van der Waals surface area contributed by atoms with Gasteiger partial charge in [-0.3, -0.25) is 0 Å². The topological polar surface area (TPSA) is 3.24 Å². The molecule has 0 amide bonds. The van der Waals surface area contributed by atoms with Gasteiger partial charge in [0, 0.05) is 6.04 Å². The van der Waals surface area contributed by atoms with Gasteiger partial charge < -0.3 is 4.90 Å². The highest BCUT2D eigenvalue weighted by Crippen LogP contribution is 2.43. The van der Waals surface area contributed by atoms with Crippen LogP contribution in [0, 0.1) is 0 Å². The summed E-state index contributed by atoms with van der Waals surface area (Å²) in [6, 6.07) is 14.4. The number of hydrogen-bond donors (Lipinski definition) is 0. The zero-order valence-corrected chi connectivity index (χ0v) is 14.6. The van der Waals surface area contributed by atoms with Gasteiger partial charge in [0.05, 0.1) is 0 Å². The van der Waals surface area contributed by atoms with Crippen LogP contribution in [0.5, 0.6) is 0 Å². The molecule has 0 aliphatic heterocycles. The Bertz CT molecular complexity index is 729. The van der Waals surface area contributed by atoms with Crippen LogP contribution in [0.3, 0.4) is 0 Å². The van der Waals surface area contributed by atoms with Crippen molar-refractivity contribution >= 4 is 0 Å². The summed E-state index contributed by atoms with van der Waals surface area (Å²) in [5, 5.41) is 0. The van der Waals surface area contributed by atoms with Crippen molar-refractivity contribution in [2.45, 2.75) is 51.0 Å². The van der Waals surface area contributed by atoms with Gasteiger partial charge in [-0.05, 0) is 92.4 Å². The molecule has 2 unspecified atom stereocenters. The van der Waals surface area contributed by atoms with E-state index in [9.17, 15) is 0 Å². The highest BCUT2D eigenvalue weighted by atomic mass is 15.1. The summed E-state index contributed by atoms with van der Waals surface area (Å²) in [6.45, 7) is 2.38. The van der Waals surface area contributed by atoms with Crippen molar-refractivity contribution in [3.63, 3.8) is 0 Å². The van der Waals surface area contributed by atoms with E-state index >= 15 is 0 Å². The maximum atomic E-state index is 2.44. The number of fused-ring (bicyclic) bond motifs is 5. The van der Waals surface area contributed by atoms with Gasteiger partial charge in [0.2, 0.25) is 0 Å². The number of rotatable bonds is 2. The van der Waals surface area contributed by atoms with Crippen LogP contribution >= 0.6 is 0 Å². The molecule has 0 N–H and O–H groups in total. The number of likely N-dealkylation sites (N-methyl/N-ethyl adjacent to an activating group) is 1. The summed E-state index contributed by atoms with van der Waals surface area (Å²) in [6.07, 6.45) is 6.37. The average molecular weight is 305 g/mol. The molecular formula is C22H27N. The first-order valence-electron chi connectivity index (χ1n) is 9.06. The molecule has 1 heteroatoms. The lowest BCUT2D eigenvalue weighted by Crippen LogP contribution is -2.33. The fraction of sp³-hybridized carbons (Fsp3) is 0.455. The van der Waals surface area contributed by atoms with Crippen LogP contribution in [-0.2, 0) is 19.3 Å². The van der Waals surface area contributed by atoms with Crippen molar-refractivity contribution in [3.8, 4) is 11.1 Å². The Hall–Kier alpha value is -1.60. The Morgan fingerprint density at radius 3 is 2.57 bits per heavy atom. The highest BCUT2D eigenvalue weighted by molar-refractivity contribution is 5.75. The molecular weight excluding hydrogens is 278 g/mol. The van der Waals surface area contributed by atoms with Crippen molar-refractivity contribution < 1.29 is 0 Å². The minimum Gasteiger partial charge on any atom is -0.306 e. The molecule has 0 saturated carbocycles. The second kappa shape index (κ2) is 5.79. The molecule has 1 nitrogen and oxygen atoms in total. The van der Waals surface area contributed by atoms with Crippen molar-refractivity contribution in [3.05, 3.63) is 58.7 Å². The molecule has 2 atom stereocenters. The van der Waals surface area contributed by atoms with Crippen LogP contribution in [0.25, 0.3) is 11.1 Å². The molecule has 2 aromatic rings. The lowest BCUT2D eigenvalue weighted by Gasteiger charge is -2.36. The number of benzene rings is 2. The molecule has 0 heterocycles. The number of nitrogens with zero attached hydrogens (tertiary/aromatic N) is 1. The SMILES string of the molecule is CC(C1CCCc2c1ccc1c2CCc2ccccc2-1)N(C)C. The Morgan fingerprint density at radius 1 is 0.913 bits per heavy atom. The maximum absolute atomic E-state index is 2.44. The van der Waals surface area contributed by atoms with Crippen molar-refractivity contribution in [1.29, 1.82) is 0 Å². The first-order chi connectivity index (χ1) is 11.2. The zero-order valence-electron chi connectivity index (χ0n) is 14.6. The molecule has 2 aliphatic carbocycles. The van der Waals surface area contributed by atoms with Gasteiger partial charge in [-0.2, -0.15) is 0 Å². The molecule has 0 aromatic heterocycles. The summed E-state index contributed by atoms with van der Waals surface area (Å²) >= 11 is 0. The lowest BCUT2D eigenvalue weighted by molar-refractivity contribution is 0.256. The largest absolute Gasteiger partial charge is 0.306 e. The predicted octanol–water partition coefficient (Wildman–Crippen LogP) is 4.82. The van der Waals surface area contributed by atoms with E-state index in [0.717, 1.165) is 0 Å². The summed E-state index contributed by atoms with van der Waals surface area (Å²) in [5.74, 6) is 0.691. The minimum absolute atomic E-state index is 0.614. The van der Waals surface area contributed by atoms with Crippen LogP contribution in [0.2, 0.25) is 0 Å². The monoisotopic (exact) mass is 305 g/mol. The smallest absolute Gasteiger partial charge is 0.0130 e. The third kappa shape index (κ3) is 2.42. The summed E-state index contributed by atoms with van der Waals surface area (Å²) < 4.78 is 0. The Balaban J connectivity index is 1.83. The summed E-state index contributed by atoms with van der Waals surface area (Å²) in [4.78, 5) is 2.38. The summed E-state index contributed by atoms with van der Waals surface area (Å²) in [7, 11) is 4.43. The van der Waals surface area contributed by atoms with Crippen LogP contribution < -0.4 is 0 Å². The van der Waals surface area contributed by atoms with Crippen molar-refractivity contribution in [2.24, 2.45) is 0 Å². The lowest BCUT2D eigenvalue weighted by atomic mass is 9.73. The molecule has 120 valence electrons. The van der Waals surface area contributed by atoms with Gasteiger partial charge in [0.25, 0.3) is 0 Å². The van der Waals surface area contributed by atoms with E-state index in [2.05, 4.69) is 62.3 Å². The Kier molecular flexibility index (Phi) is 3.77. The second-order valence-corrected chi connectivity index (χ2v) is 7.52. The summed E-state index contributed by atoms with van der Waals surface area (Å²) in [5.41, 5.74) is 9.46. The Morgan fingerprint density at radius 2 is 1.74 bits per heavy atom. The van der Waals surface area contributed by atoms with E-state index in [1.807, 2.05) is 0 Å². The quantitative estimate of drug-likeness (QED) is 0.768. The first-order valence-corrected chi connectivity index (χ1v) is 9.06. The fourth-order valence-corrected chi connectivity index (χ4v) is 4.67. The highest BCUT2D eigenvalue weighted by Gasteiger charge is 2.29. The minimum atomic E-state index is 0.614. The van der Waals surface area contributed by atoms with E-state index in [-0.39, 0.29) is 0 Å². The average Bonchev–Trinajstić information content (AvgIpc) is 2.59. The molecule has 2 aromatic carbocycles. The molecule has 0 radical (unpaired) electrons. The fourth-order valence-electron chi connectivity index (χ4n) is 4.67. The van der Waals surface area contributed by atoms with E-state index in [1.54, 1.807) is 16.7 Å². The van der Waals surface area contributed by atoms with Gasteiger partial charge in [0.15, 0.2) is 0 Å². The van der Waals surface area contributed by atoms with E-state index < -0.39 is 0 Å². The van der Waals surface area contributed by atoms with Crippen molar-refractivity contribution in [2.75, 3.05) is 14.1 Å².